The number of ether oxygens (including phenoxy) is 1. The Morgan fingerprint density at radius 3 is 2.90 bits per heavy atom. The maximum absolute atomic E-state index is 11.3. The Morgan fingerprint density at radius 2 is 2.24 bits per heavy atom. The number of rotatable bonds is 4. The van der Waals surface area contributed by atoms with E-state index in [9.17, 15) is 9.90 Å². The summed E-state index contributed by atoms with van der Waals surface area (Å²) in [5.41, 5.74) is 2.00. The number of carboxylic acid groups (broad SMARTS) is 1. The van der Waals surface area contributed by atoms with Gasteiger partial charge in [0.2, 0.25) is 0 Å². The van der Waals surface area contributed by atoms with Gasteiger partial charge in [-0.3, -0.25) is 4.79 Å². The van der Waals surface area contributed by atoms with Crippen LogP contribution in [0.1, 0.15) is 58.8 Å². The molecule has 0 radical (unpaired) electrons. The van der Waals surface area contributed by atoms with Crippen LogP contribution in [-0.2, 0) is 9.53 Å². The van der Waals surface area contributed by atoms with Crippen LogP contribution in [0.5, 0.6) is 0 Å². The largest absolute Gasteiger partial charge is 0.481 e. The van der Waals surface area contributed by atoms with Gasteiger partial charge in [0.1, 0.15) is 5.60 Å². The Bertz CT molecular complexity index is 459. The Kier molecular flexibility index (Phi) is 4.00. The summed E-state index contributed by atoms with van der Waals surface area (Å²) < 4.78 is 6.01. The Balaban J connectivity index is 1.93. The molecule has 21 heavy (non-hydrogen) atoms. The van der Waals surface area contributed by atoms with E-state index in [1.54, 1.807) is 0 Å². The molecule has 2 aliphatic heterocycles. The van der Waals surface area contributed by atoms with E-state index in [0.29, 0.717) is 24.5 Å². The van der Waals surface area contributed by atoms with Crippen LogP contribution in [0.25, 0.3) is 0 Å². The summed E-state index contributed by atoms with van der Waals surface area (Å²) in [6, 6.07) is 0.509. The fourth-order valence-electron chi connectivity index (χ4n) is 4.75. The highest BCUT2D eigenvalue weighted by atomic mass is 16.5. The third-order valence-corrected chi connectivity index (χ3v) is 5.85. The molecule has 0 aromatic heterocycles. The number of aliphatic carboxylic acids is 1. The van der Waals surface area contributed by atoms with Crippen molar-refractivity contribution in [2.24, 2.45) is 11.8 Å². The first-order valence-corrected chi connectivity index (χ1v) is 8.47. The summed E-state index contributed by atoms with van der Waals surface area (Å²) in [6.07, 6.45) is 6.82. The van der Waals surface area contributed by atoms with Gasteiger partial charge in [0, 0.05) is 17.7 Å². The fraction of sp³-hybridized carbons (Fsp3) is 0.824. The minimum absolute atomic E-state index is 0.0750. The lowest BCUT2D eigenvalue weighted by molar-refractivity contribution is -0.144. The van der Waals surface area contributed by atoms with Gasteiger partial charge in [-0.2, -0.15) is 0 Å². The summed E-state index contributed by atoms with van der Waals surface area (Å²) in [6.45, 7) is 4.98. The predicted octanol–water partition coefficient (Wildman–Crippen LogP) is 3.08. The zero-order valence-electron chi connectivity index (χ0n) is 13.2. The van der Waals surface area contributed by atoms with Crippen molar-refractivity contribution in [3.8, 4) is 0 Å². The number of hydrogen-bond acceptors (Lipinski definition) is 3. The molecule has 4 nitrogen and oxygen atoms in total. The van der Waals surface area contributed by atoms with Crippen molar-refractivity contribution in [1.82, 2.24) is 5.32 Å². The molecule has 3 aliphatic rings. The van der Waals surface area contributed by atoms with Gasteiger partial charge >= 0.3 is 5.97 Å². The summed E-state index contributed by atoms with van der Waals surface area (Å²) in [7, 11) is 0. The van der Waals surface area contributed by atoms with Crippen molar-refractivity contribution >= 4 is 5.97 Å². The molecule has 0 spiro atoms. The van der Waals surface area contributed by atoms with E-state index < -0.39 is 11.6 Å². The van der Waals surface area contributed by atoms with Crippen LogP contribution >= 0.6 is 0 Å². The lowest BCUT2D eigenvalue weighted by atomic mass is 9.73. The van der Waals surface area contributed by atoms with E-state index >= 15 is 0 Å². The van der Waals surface area contributed by atoms with Gasteiger partial charge < -0.3 is 15.2 Å². The highest BCUT2D eigenvalue weighted by Gasteiger charge is 2.49. The van der Waals surface area contributed by atoms with E-state index in [4.69, 9.17) is 4.74 Å². The third kappa shape index (κ3) is 2.37. The Morgan fingerprint density at radius 1 is 1.43 bits per heavy atom. The van der Waals surface area contributed by atoms with E-state index in [2.05, 4.69) is 12.2 Å². The predicted molar refractivity (Wildman–Crippen MR) is 80.9 cm³/mol. The monoisotopic (exact) mass is 293 g/mol. The highest BCUT2D eigenvalue weighted by Crippen LogP contribution is 2.48. The first-order chi connectivity index (χ1) is 10.1. The third-order valence-electron chi connectivity index (χ3n) is 5.85. The molecule has 2 N–H and O–H groups in total. The number of fused-ring (bicyclic) bond motifs is 2. The number of nitrogens with one attached hydrogen (secondary N) is 1. The van der Waals surface area contributed by atoms with Gasteiger partial charge in [0.05, 0.1) is 13.0 Å². The van der Waals surface area contributed by atoms with Crippen molar-refractivity contribution in [1.29, 1.82) is 0 Å². The van der Waals surface area contributed by atoms with Crippen LogP contribution in [-0.4, -0.2) is 29.3 Å². The first-order valence-electron chi connectivity index (χ1n) is 8.47. The average molecular weight is 293 g/mol. The number of carbonyl (C=O) groups is 1. The smallest absolute Gasteiger partial charge is 0.306 e. The topological polar surface area (TPSA) is 58.6 Å². The lowest BCUT2D eigenvalue weighted by Crippen LogP contribution is -2.46. The molecule has 0 amide bonds. The van der Waals surface area contributed by atoms with Gasteiger partial charge in [-0.05, 0) is 37.2 Å². The second-order valence-electron chi connectivity index (χ2n) is 6.79. The molecule has 0 aromatic carbocycles. The van der Waals surface area contributed by atoms with Gasteiger partial charge in [-0.25, -0.2) is 0 Å². The molecule has 4 heteroatoms. The SMILES string of the molecule is CCC1CCCC2C3=C(NC12)C(CC)(CC(=O)O)OCC3. The van der Waals surface area contributed by atoms with Gasteiger partial charge in [0.25, 0.3) is 0 Å². The normalized spacial score (nSPS) is 38.7. The van der Waals surface area contributed by atoms with Crippen molar-refractivity contribution in [2.75, 3.05) is 6.61 Å². The van der Waals surface area contributed by atoms with Crippen molar-refractivity contribution in [3.63, 3.8) is 0 Å². The first kappa shape index (κ1) is 14.9. The van der Waals surface area contributed by atoms with Gasteiger partial charge in [0.15, 0.2) is 0 Å². The van der Waals surface area contributed by atoms with Crippen LogP contribution in [0.2, 0.25) is 0 Å². The standard InChI is InChI=1S/C17H27NO3/c1-3-11-6-5-7-12-13-8-9-21-17(4-2,10-14(19)20)16(13)18-15(11)12/h11-12,15,18H,3-10H2,1-2H3,(H,19,20). The molecule has 1 fully saturated rings. The highest BCUT2D eigenvalue weighted by molar-refractivity contribution is 5.69. The van der Waals surface area contributed by atoms with Crippen molar-refractivity contribution in [2.45, 2.75) is 70.4 Å². The van der Waals surface area contributed by atoms with E-state index in [1.807, 2.05) is 6.92 Å². The maximum Gasteiger partial charge on any atom is 0.306 e. The number of carboxylic acids is 1. The zero-order chi connectivity index (χ0) is 15.0. The number of hydrogen-bond donors (Lipinski definition) is 2. The van der Waals surface area contributed by atoms with Crippen LogP contribution < -0.4 is 5.32 Å². The van der Waals surface area contributed by atoms with Crippen LogP contribution in [0.15, 0.2) is 11.3 Å². The van der Waals surface area contributed by atoms with E-state index in [1.165, 1.54) is 31.3 Å². The van der Waals surface area contributed by atoms with Crippen LogP contribution in [0.3, 0.4) is 0 Å². The van der Waals surface area contributed by atoms with E-state index in [-0.39, 0.29) is 6.42 Å². The molecule has 1 aliphatic carbocycles. The van der Waals surface area contributed by atoms with Gasteiger partial charge in [-0.15, -0.1) is 0 Å². The molecule has 1 saturated carbocycles. The molecule has 2 heterocycles. The molecule has 0 saturated heterocycles. The van der Waals surface area contributed by atoms with Crippen LogP contribution in [0, 0.1) is 11.8 Å². The molecule has 0 aromatic rings. The summed E-state index contributed by atoms with van der Waals surface area (Å²) in [5.74, 6) is 0.561. The fourth-order valence-corrected chi connectivity index (χ4v) is 4.75. The van der Waals surface area contributed by atoms with Crippen molar-refractivity contribution in [3.05, 3.63) is 11.3 Å². The summed E-state index contributed by atoms with van der Waals surface area (Å²) >= 11 is 0. The van der Waals surface area contributed by atoms with E-state index in [0.717, 1.165) is 18.5 Å². The molecule has 4 unspecified atom stereocenters. The maximum atomic E-state index is 11.3. The average Bonchev–Trinajstić information content (AvgIpc) is 2.87. The quantitative estimate of drug-likeness (QED) is 0.836. The molecule has 118 valence electrons. The van der Waals surface area contributed by atoms with Gasteiger partial charge in [-0.1, -0.05) is 26.7 Å². The lowest BCUT2D eigenvalue weighted by Gasteiger charge is -2.38. The minimum Gasteiger partial charge on any atom is -0.481 e. The molecule has 0 bridgehead atoms. The summed E-state index contributed by atoms with van der Waals surface area (Å²) in [4.78, 5) is 11.3. The molecular formula is C17H27NO3. The molecular weight excluding hydrogens is 266 g/mol. The minimum atomic E-state index is -0.769. The second-order valence-corrected chi connectivity index (χ2v) is 6.79. The molecule has 3 rings (SSSR count). The molecule has 4 atom stereocenters. The van der Waals surface area contributed by atoms with Crippen LogP contribution in [0.4, 0.5) is 0 Å². The Labute approximate surface area is 126 Å². The van der Waals surface area contributed by atoms with Crippen molar-refractivity contribution < 1.29 is 14.6 Å². The summed E-state index contributed by atoms with van der Waals surface area (Å²) in [5, 5.41) is 13.0. The zero-order valence-corrected chi connectivity index (χ0v) is 13.2. The Hall–Kier alpha value is -1.03. The second kappa shape index (κ2) is 5.64.